The fraction of sp³-hybridized carbons (Fsp3) is 0.188. The van der Waals surface area contributed by atoms with E-state index in [2.05, 4.69) is 11.1 Å². The van der Waals surface area contributed by atoms with Crippen LogP contribution in [0.15, 0.2) is 41.9 Å². The molecule has 0 saturated heterocycles. The van der Waals surface area contributed by atoms with Gasteiger partial charge in [-0.1, -0.05) is 6.07 Å². The molecule has 2 heterocycles. The number of benzene rings is 1. The Balaban J connectivity index is 1.93. The molecule has 3 N–H and O–H groups in total. The first-order chi connectivity index (χ1) is 10.1. The summed E-state index contributed by atoms with van der Waals surface area (Å²) in [5.74, 6) is 0.00641. The van der Waals surface area contributed by atoms with Crippen molar-refractivity contribution in [1.82, 2.24) is 9.88 Å². The Labute approximate surface area is 127 Å². The summed E-state index contributed by atoms with van der Waals surface area (Å²) in [5.41, 5.74) is 8.01. The van der Waals surface area contributed by atoms with E-state index in [1.54, 1.807) is 22.4 Å². The van der Waals surface area contributed by atoms with Gasteiger partial charge in [0, 0.05) is 34.7 Å². The lowest BCUT2D eigenvalue weighted by Crippen LogP contribution is -2.29. The summed E-state index contributed by atoms with van der Waals surface area (Å²) in [5, 5.41) is 2.93. The highest BCUT2D eigenvalue weighted by Gasteiger charge is 2.21. The molecule has 3 rings (SSSR count). The van der Waals surface area contributed by atoms with E-state index in [9.17, 15) is 4.79 Å². The van der Waals surface area contributed by atoms with Crippen LogP contribution in [0, 0.1) is 0 Å². The van der Waals surface area contributed by atoms with Crippen molar-refractivity contribution in [3.8, 4) is 0 Å². The third kappa shape index (κ3) is 2.40. The molecule has 4 nitrogen and oxygen atoms in total. The number of hydrogen-bond acceptors (Lipinski definition) is 3. The molecule has 108 valence electrons. The Hall–Kier alpha value is -2.27. The van der Waals surface area contributed by atoms with Gasteiger partial charge in [-0.2, -0.15) is 0 Å². The standard InChI is InChI=1S/C16H17N3OS/c1-10(15-4-3-7-21-15)19(2)16(20)13-9-18-14-8-11(17)5-6-12(13)14/h3-10,18H,17H2,1-2H3. The van der Waals surface area contributed by atoms with E-state index < -0.39 is 0 Å². The fourth-order valence-corrected chi connectivity index (χ4v) is 3.23. The van der Waals surface area contributed by atoms with E-state index in [0.717, 1.165) is 10.9 Å². The molecule has 0 aliphatic carbocycles. The third-order valence-electron chi connectivity index (χ3n) is 3.79. The number of nitrogens with zero attached hydrogens (tertiary/aromatic N) is 1. The molecule has 5 heteroatoms. The van der Waals surface area contributed by atoms with Crippen LogP contribution in [-0.4, -0.2) is 22.8 Å². The molecule has 1 aromatic carbocycles. The highest BCUT2D eigenvalue weighted by atomic mass is 32.1. The average Bonchev–Trinajstić information content (AvgIpc) is 3.13. The van der Waals surface area contributed by atoms with E-state index in [-0.39, 0.29) is 11.9 Å². The molecule has 0 radical (unpaired) electrons. The summed E-state index contributed by atoms with van der Waals surface area (Å²) in [6.07, 6.45) is 1.75. The monoisotopic (exact) mass is 299 g/mol. The zero-order valence-corrected chi connectivity index (χ0v) is 12.8. The summed E-state index contributed by atoms with van der Waals surface area (Å²) in [4.78, 5) is 18.8. The molecule has 1 amide bonds. The number of fused-ring (bicyclic) bond motifs is 1. The fourth-order valence-electron chi connectivity index (χ4n) is 2.41. The Kier molecular flexibility index (Phi) is 3.43. The van der Waals surface area contributed by atoms with Gasteiger partial charge in [0.1, 0.15) is 0 Å². The minimum Gasteiger partial charge on any atom is -0.399 e. The minimum absolute atomic E-state index is 0.00641. The number of amides is 1. The van der Waals surface area contributed by atoms with Crippen LogP contribution in [0.3, 0.4) is 0 Å². The molecular weight excluding hydrogens is 282 g/mol. The molecule has 0 fully saturated rings. The van der Waals surface area contributed by atoms with Crippen molar-refractivity contribution in [3.63, 3.8) is 0 Å². The van der Waals surface area contributed by atoms with Crippen molar-refractivity contribution in [1.29, 1.82) is 0 Å². The first-order valence-electron chi connectivity index (χ1n) is 6.75. The molecule has 1 atom stereocenters. The molecule has 2 aromatic heterocycles. The van der Waals surface area contributed by atoms with Crippen molar-refractivity contribution in [2.45, 2.75) is 13.0 Å². The maximum atomic E-state index is 12.7. The number of nitrogens with one attached hydrogen (secondary N) is 1. The Morgan fingerprint density at radius 1 is 1.38 bits per heavy atom. The van der Waals surface area contributed by atoms with E-state index in [4.69, 9.17) is 5.73 Å². The van der Waals surface area contributed by atoms with Crippen molar-refractivity contribution < 1.29 is 4.79 Å². The highest BCUT2D eigenvalue weighted by Crippen LogP contribution is 2.27. The lowest BCUT2D eigenvalue weighted by Gasteiger charge is -2.23. The van der Waals surface area contributed by atoms with Gasteiger partial charge < -0.3 is 15.6 Å². The predicted molar refractivity (Wildman–Crippen MR) is 87.5 cm³/mol. The number of anilines is 1. The molecule has 0 aliphatic heterocycles. The van der Waals surface area contributed by atoms with E-state index in [1.807, 2.05) is 43.6 Å². The van der Waals surface area contributed by atoms with Gasteiger partial charge in [0.2, 0.25) is 0 Å². The van der Waals surface area contributed by atoms with Gasteiger partial charge >= 0.3 is 0 Å². The number of hydrogen-bond donors (Lipinski definition) is 2. The van der Waals surface area contributed by atoms with Gasteiger partial charge in [-0.25, -0.2) is 0 Å². The number of carbonyl (C=O) groups excluding carboxylic acids is 1. The Morgan fingerprint density at radius 2 is 2.19 bits per heavy atom. The predicted octanol–water partition coefficient (Wildman–Crippen LogP) is 3.64. The van der Waals surface area contributed by atoms with Crippen molar-refractivity contribution in [3.05, 3.63) is 52.3 Å². The SMILES string of the molecule is CC(c1cccs1)N(C)C(=O)c1c[nH]c2cc(N)ccc12. The van der Waals surface area contributed by atoms with E-state index in [1.165, 1.54) is 4.88 Å². The molecule has 0 saturated carbocycles. The second kappa shape index (κ2) is 5.26. The molecular formula is C16H17N3OS. The summed E-state index contributed by atoms with van der Waals surface area (Å²) in [6.45, 7) is 2.04. The zero-order valence-electron chi connectivity index (χ0n) is 12.0. The first-order valence-corrected chi connectivity index (χ1v) is 7.63. The van der Waals surface area contributed by atoms with Crippen LogP contribution >= 0.6 is 11.3 Å². The summed E-state index contributed by atoms with van der Waals surface area (Å²) in [7, 11) is 1.84. The topological polar surface area (TPSA) is 62.1 Å². The van der Waals surface area contributed by atoms with Crippen molar-refractivity contribution in [2.75, 3.05) is 12.8 Å². The normalized spacial score (nSPS) is 12.5. The number of nitrogen functional groups attached to an aromatic ring is 1. The van der Waals surface area contributed by atoms with Crippen molar-refractivity contribution in [2.24, 2.45) is 0 Å². The smallest absolute Gasteiger partial charge is 0.256 e. The van der Waals surface area contributed by atoms with E-state index in [0.29, 0.717) is 11.3 Å². The summed E-state index contributed by atoms with van der Waals surface area (Å²) < 4.78 is 0. The van der Waals surface area contributed by atoms with Gasteiger partial charge in [0.25, 0.3) is 5.91 Å². The third-order valence-corrected chi connectivity index (χ3v) is 4.84. The Morgan fingerprint density at radius 3 is 2.90 bits per heavy atom. The molecule has 0 spiro atoms. The second-order valence-electron chi connectivity index (χ2n) is 5.11. The number of nitrogens with two attached hydrogens (primary N) is 1. The number of H-pyrrole nitrogens is 1. The van der Waals surface area contributed by atoms with Gasteiger partial charge in [-0.3, -0.25) is 4.79 Å². The Bertz CT molecular complexity index is 776. The number of aromatic amines is 1. The first kappa shape index (κ1) is 13.7. The largest absolute Gasteiger partial charge is 0.399 e. The van der Waals surface area contributed by atoms with E-state index >= 15 is 0 Å². The maximum absolute atomic E-state index is 12.7. The van der Waals surface area contributed by atoms with Gasteiger partial charge in [-0.05, 0) is 36.6 Å². The summed E-state index contributed by atoms with van der Waals surface area (Å²) >= 11 is 1.66. The van der Waals surface area contributed by atoms with Crippen LogP contribution in [0.2, 0.25) is 0 Å². The van der Waals surface area contributed by atoms with Gasteiger partial charge in [0.05, 0.1) is 11.6 Å². The molecule has 21 heavy (non-hydrogen) atoms. The number of carbonyl (C=O) groups is 1. The number of thiophene rings is 1. The van der Waals surface area contributed by atoms with Gasteiger partial charge in [0.15, 0.2) is 0 Å². The lowest BCUT2D eigenvalue weighted by atomic mass is 10.1. The van der Waals surface area contributed by atoms with Crippen LogP contribution in [0.5, 0.6) is 0 Å². The maximum Gasteiger partial charge on any atom is 0.256 e. The van der Waals surface area contributed by atoms with Crippen LogP contribution < -0.4 is 5.73 Å². The van der Waals surface area contributed by atoms with Crippen LogP contribution in [0.4, 0.5) is 5.69 Å². The molecule has 0 aliphatic rings. The minimum atomic E-state index is 0.00641. The van der Waals surface area contributed by atoms with Crippen LogP contribution in [0.25, 0.3) is 10.9 Å². The highest BCUT2D eigenvalue weighted by molar-refractivity contribution is 7.10. The summed E-state index contributed by atoms with van der Waals surface area (Å²) in [6, 6.07) is 9.65. The number of aromatic nitrogens is 1. The average molecular weight is 299 g/mol. The quantitative estimate of drug-likeness (QED) is 0.725. The zero-order chi connectivity index (χ0) is 15.0. The molecule has 1 unspecified atom stereocenters. The van der Waals surface area contributed by atoms with Crippen LogP contribution in [-0.2, 0) is 0 Å². The lowest BCUT2D eigenvalue weighted by molar-refractivity contribution is 0.0747. The molecule has 3 aromatic rings. The van der Waals surface area contributed by atoms with Crippen molar-refractivity contribution >= 4 is 33.8 Å². The van der Waals surface area contributed by atoms with Crippen LogP contribution in [0.1, 0.15) is 28.2 Å². The molecule has 0 bridgehead atoms. The van der Waals surface area contributed by atoms with Gasteiger partial charge in [-0.15, -0.1) is 11.3 Å². The second-order valence-corrected chi connectivity index (χ2v) is 6.09. The number of rotatable bonds is 3.